The van der Waals surface area contributed by atoms with Gasteiger partial charge >= 0.3 is 0 Å². The number of hydrogen-bond acceptors (Lipinski definition) is 3. The molecule has 2 aromatic carbocycles. The number of nitrogens with one attached hydrogen (secondary N) is 1. The molecular formula is C18H22N2O2. The minimum Gasteiger partial charge on any atom is -0.480 e. The van der Waals surface area contributed by atoms with Gasteiger partial charge in [0.1, 0.15) is 5.75 Å². The van der Waals surface area contributed by atoms with Crippen LogP contribution >= 0.6 is 0 Å². The number of anilines is 2. The third-order valence-corrected chi connectivity index (χ3v) is 3.59. The highest BCUT2D eigenvalue weighted by Gasteiger charge is 2.17. The Morgan fingerprint density at radius 2 is 1.73 bits per heavy atom. The van der Waals surface area contributed by atoms with E-state index in [-0.39, 0.29) is 5.91 Å². The fourth-order valence-electron chi connectivity index (χ4n) is 2.22. The smallest absolute Gasteiger partial charge is 0.265 e. The van der Waals surface area contributed by atoms with Gasteiger partial charge in [0.2, 0.25) is 0 Å². The molecule has 0 saturated carbocycles. The molecule has 2 aromatic rings. The summed E-state index contributed by atoms with van der Waals surface area (Å²) in [6.45, 7) is 7.60. The SMILES string of the molecule is Cc1ccc(N)cc1NC(=O)[C@H](C)Oc1c(C)cccc1C. The number of carbonyl (C=O) groups is 1. The Kier molecular flexibility index (Phi) is 4.71. The lowest BCUT2D eigenvalue weighted by atomic mass is 10.1. The lowest BCUT2D eigenvalue weighted by molar-refractivity contribution is -0.122. The molecule has 22 heavy (non-hydrogen) atoms. The minimum atomic E-state index is -0.597. The van der Waals surface area contributed by atoms with Gasteiger partial charge in [-0.15, -0.1) is 0 Å². The number of carbonyl (C=O) groups excluding carboxylic acids is 1. The Morgan fingerprint density at radius 3 is 2.36 bits per heavy atom. The van der Waals surface area contributed by atoms with Gasteiger partial charge in [-0.3, -0.25) is 4.79 Å². The Morgan fingerprint density at radius 1 is 1.09 bits per heavy atom. The van der Waals surface area contributed by atoms with E-state index in [0.29, 0.717) is 11.4 Å². The second-order valence-corrected chi connectivity index (χ2v) is 5.54. The standard InChI is InChI=1S/C18H22N2O2/c1-11-8-9-15(19)10-16(11)20-18(21)14(4)22-17-12(2)6-5-7-13(17)3/h5-10,14H,19H2,1-4H3,(H,20,21)/t14-/m0/s1. The van der Waals surface area contributed by atoms with Crippen LogP contribution in [0.4, 0.5) is 11.4 Å². The predicted molar refractivity (Wildman–Crippen MR) is 90.2 cm³/mol. The van der Waals surface area contributed by atoms with E-state index >= 15 is 0 Å². The van der Waals surface area contributed by atoms with Crippen LogP contribution in [0.1, 0.15) is 23.6 Å². The average molecular weight is 298 g/mol. The molecule has 0 aromatic heterocycles. The number of rotatable bonds is 4. The largest absolute Gasteiger partial charge is 0.480 e. The molecule has 0 saturated heterocycles. The molecule has 0 fully saturated rings. The van der Waals surface area contributed by atoms with E-state index in [2.05, 4.69) is 5.32 Å². The molecule has 4 heteroatoms. The van der Waals surface area contributed by atoms with Crippen LogP contribution in [-0.2, 0) is 4.79 Å². The molecule has 0 spiro atoms. The van der Waals surface area contributed by atoms with Crippen molar-refractivity contribution in [3.8, 4) is 5.75 Å². The maximum atomic E-state index is 12.3. The van der Waals surface area contributed by atoms with Crippen LogP contribution in [0.5, 0.6) is 5.75 Å². The number of amides is 1. The van der Waals surface area contributed by atoms with Gasteiger partial charge in [-0.1, -0.05) is 24.3 Å². The van der Waals surface area contributed by atoms with Crippen LogP contribution in [0.25, 0.3) is 0 Å². The summed E-state index contributed by atoms with van der Waals surface area (Å²) in [6.07, 6.45) is -0.597. The first-order chi connectivity index (χ1) is 10.4. The van der Waals surface area contributed by atoms with Crippen molar-refractivity contribution in [2.75, 3.05) is 11.1 Å². The quantitative estimate of drug-likeness (QED) is 0.848. The van der Waals surface area contributed by atoms with Gasteiger partial charge in [-0.05, 0) is 56.5 Å². The zero-order valence-electron chi connectivity index (χ0n) is 13.4. The second-order valence-electron chi connectivity index (χ2n) is 5.54. The summed E-state index contributed by atoms with van der Waals surface area (Å²) in [5.41, 5.74) is 10.1. The van der Waals surface area contributed by atoms with Crippen LogP contribution in [0.15, 0.2) is 36.4 Å². The Balaban J connectivity index is 2.11. The number of para-hydroxylation sites is 1. The topological polar surface area (TPSA) is 64.3 Å². The third kappa shape index (κ3) is 3.58. The molecule has 3 N–H and O–H groups in total. The number of ether oxygens (including phenoxy) is 1. The lowest BCUT2D eigenvalue weighted by Gasteiger charge is -2.18. The molecule has 1 amide bonds. The van der Waals surface area contributed by atoms with Gasteiger partial charge in [-0.2, -0.15) is 0 Å². The van der Waals surface area contributed by atoms with Crippen molar-refractivity contribution in [3.05, 3.63) is 53.1 Å². The van der Waals surface area contributed by atoms with E-state index < -0.39 is 6.10 Å². The monoisotopic (exact) mass is 298 g/mol. The Labute approximate surface area is 131 Å². The first kappa shape index (κ1) is 15.9. The maximum absolute atomic E-state index is 12.3. The van der Waals surface area contributed by atoms with Crippen LogP contribution in [0.2, 0.25) is 0 Å². The van der Waals surface area contributed by atoms with Crippen LogP contribution in [-0.4, -0.2) is 12.0 Å². The van der Waals surface area contributed by atoms with Gasteiger partial charge in [0, 0.05) is 11.4 Å². The summed E-state index contributed by atoms with van der Waals surface area (Å²) in [5.74, 6) is 0.561. The highest BCUT2D eigenvalue weighted by atomic mass is 16.5. The maximum Gasteiger partial charge on any atom is 0.265 e. The molecule has 1 atom stereocenters. The third-order valence-electron chi connectivity index (χ3n) is 3.59. The highest BCUT2D eigenvalue weighted by molar-refractivity contribution is 5.95. The van der Waals surface area contributed by atoms with Crippen molar-refractivity contribution in [2.45, 2.75) is 33.8 Å². The molecule has 0 unspecified atom stereocenters. The number of aryl methyl sites for hydroxylation is 3. The summed E-state index contributed by atoms with van der Waals surface area (Å²) in [5, 5.41) is 2.87. The molecule has 2 rings (SSSR count). The van der Waals surface area contributed by atoms with E-state index in [0.717, 1.165) is 22.4 Å². The van der Waals surface area contributed by atoms with Crippen molar-refractivity contribution < 1.29 is 9.53 Å². The first-order valence-electron chi connectivity index (χ1n) is 7.28. The molecule has 0 aliphatic heterocycles. The van der Waals surface area contributed by atoms with E-state index in [4.69, 9.17) is 10.5 Å². The molecule has 116 valence electrons. The van der Waals surface area contributed by atoms with Gasteiger partial charge in [-0.25, -0.2) is 0 Å². The normalized spacial score (nSPS) is 11.8. The summed E-state index contributed by atoms with van der Waals surface area (Å²) in [6, 6.07) is 11.3. The summed E-state index contributed by atoms with van der Waals surface area (Å²) < 4.78 is 5.84. The summed E-state index contributed by atoms with van der Waals surface area (Å²) in [7, 11) is 0. The van der Waals surface area contributed by atoms with Crippen molar-refractivity contribution in [3.63, 3.8) is 0 Å². The molecular weight excluding hydrogens is 276 g/mol. The first-order valence-corrected chi connectivity index (χ1v) is 7.28. The molecule has 0 radical (unpaired) electrons. The van der Waals surface area contributed by atoms with Gasteiger partial charge in [0.25, 0.3) is 5.91 Å². The van der Waals surface area contributed by atoms with Crippen molar-refractivity contribution >= 4 is 17.3 Å². The van der Waals surface area contributed by atoms with Gasteiger partial charge in [0.05, 0.1) is 0 Å². The van der Waals surface area contributed by atoms with E-state index in [1.54, 1.807) is 13.0 Å². The summed E-state index contributed by atoms with van der Waals surface area (Å²) in [4.78, 5) is 12.3. The molecule has 0 heterocycles. The zero-order chi connectivity index (χ0) is 16.3. The molecule has 0 bridgehead atoms. The molecule has 0 aliphatic rings. The highest BCUT2D eigenvalue weighted by Crippen LogP contribution is 2.24. The predicted octanol–water partition coefficient (Wildman–Crippen LogP) is 3.60. The van der Waals surface area contributed by atoms with E-state index in [1.165, 1.54) is 0 Å². The molecule has 4 nitrogen and oxygen atoms in total. The fourth-order valence-corrected chi connectivity index (χ4v) is 2.22. The number of hydrogen-bond donors (Lipinski definition) is 2. The lowest BCUT2D eigenvalue weighted by Crippen LogP contribution is -2.30. The van der Waals surface area contributed by atoms with Crippen molar-refractivity contribution in [1.82, 2.24) is 0 Å². The zero-order valence-corrected chi connectivity index (χ0v) is 13.4. The number of nitrogens with two attached hydrogens (primary N) is 1. The molecule has 0 aliphatic carbocycles. The van der Waals surface area contributed by atoms with E-state index in [9.17, 15) is 4.79 Å². The van der Waals surface area contributed by atoms with Crippen molar-refractivity contribution in [2.24, 2.45) is 0 Å². The average Bonchev–Trinajstić information content (AvgIpc) is 2.46. The number of nitrogen functional groups attached to an aromatic ring is 1. The number of benzene rings is 2. The minimum absolute atomic E-state index is 0.198. The Hall–Kier alpha value is -2.49. The van der Waals surface area contributed by atoms with E-state index in [1.807, 2.05) is 51.1 Å². The van der Waals surface area contributed by atoms with Crippen LogP contribution < -0.4 is 15.8 Å². The van der Waals surface area contributed by atoms with Crippen LogP contribution in [0, 0.1) is 20.8 Å². The van der Waals surface area contributed by atoms with Crippen LogP contribution in [0.3, 0.4) is 0 Å². The van der Waals surface area contributed by atoms with Crippen molar-refractivity contribution in [1.29, 1.82) is 0 Å². The summed E-state index contributed by atoms with van der Waals surface area (Å²) >= 11 is 0. The fraction of sp³-hybridized carbons (Fsp3) is 0.278. The van der Waals surface area contributed by atoms with Gasteiger partial charge < -0.3 is 15.8 Å². The second kappa shape index (κ2) is 6.52. The van der Waals surface area contributed by atoms with Gasteiger partial charge in [0.15, 0.2) is 6.10 Å². The Bertz CT molecular complexity index is 675.